The molecule has 1 heterocycles. The highest BCUT2D eigenvalue weighted by Crippen LogP contribution is 2.33. The number of rotatable bonds is 1. The predicted octanol–water partition coefficient (Wildman–Crippen LogP) is 5.41. The number of nitrogens with zero attached hydrogens (tertiary/aromatic N) is 1. The highest BCUT2D eigenvalue weighted by atomic mass is 16.1. The van der Waals surface area contributed by atoms with Crippen molar-refractivity contribution >= 4 is 22.6 Å². The summed E-state index contributed by atoms with van der Waals surface area (Å²) in [6.45, 7) is 0. The Hall–Kier alpha value is -4.75. The zero-order valence-corrected chi connectivity index (χ0v) is 17.4. The Kier molecular flexibility index (Phi) is 4.28. The van der Waals surface area contributed by atoms with Gasteiger partial charge >= 0.3 is 0 Å². The van der Waals surface area contributed by atoms with Crippen LogP contribution >= 0.6 is 0 Å². The molecule has 0 saturated carbocycles. The number of carbonyl (C=O) groups is 2. The molecule has 4 heteroatoms. The molecule has 5 aromatic rings. The number of hydrogen-bond donors (Lipinski definition) is 1. The Morgan fingerprint density at radius 3 is 1.97 bits per heavy atom. The highest BCUT2D eigenvalue weighted by Gasteiger charge is 2.32. The number of nitrogens with one attached hydrogen (secondary N) is 1. The Balaban J connectivity index is 1.39. The number of fused-ring (bicyclic) bond motifs is 4. The van der Waals surface area contributed by atoms with E-state index in [-0.39, 0.29) is 11.6 Å². The predicted molar refractivity (Wildman–Crippen MR) is 127 cm³/mol. The van der Waals surface area contributed by atoms with Crippen molar-refractivity contribution in [3.63, 3.8) is 0 Å². The van der Waals surface area contributed by atoms with Gasteiger partial charge in [-0.3, -0.25) is 9.59 Å². The van der Waals surface area contributed by atoms with Crippen molar-refractivity contribution < 1.29 is 9.59 Å². The number of ketones is 2. The molecular formula is C29H16N2O2. The van der Waals surface area contributed by atoms with Crippen molar-refractivity contribution in [2.24, 2.45) is 0 Å². The number of aromatic nitrogens is 2. The van der Waals surface area contributed by atoms with Gasteiger partial charge in [0.15, 0.2) is 11.6 Å². The molecule has 0 unspecified atom stereocenters. The molecule has 0 spiro atoms. The van der Waals surface area contributed by atoms with Crippen molar-refractivity contribution in [2.45, 2.75) is 0 Å². The van der Waals surface area contributed by atoms with Crippen LogP contribution in [0.5, 0.6) is 0 Å². The smallest absolute Gasteiger partial charge is 0.196 e. The molecular weight excluding hydrogens is 408 g/mol. The van der Waals surface area contributed by atoms with E-state index in [1.807, 2.05) is 60.7 Å². The zero-order valence-electron chi connectivity index (χ0n) is 17.4. The second kappa shape index (κ2) is 7.44. The fourth-order valence-corrected chi connectivity index (χ4v) is 4.17. The van der Waals surface area contributed by atoms with Gasteiger partial charge in [0.05, 0.1) is 11.1 Å². The number of imidazole rings is 1. The monoisotopic (exact) mass is 424 g/mol. The van der Waals surface area contributed by atoms with Crippen molar-refractivity contribution in [2.75, 3.05) is 0 Å². The summed E-state index contributed by atoms with van der Waals surface area (Å²) in [5.74, 6) is 6.64. The van der Waals surface area contributed by atoms with E-state index in [4.69, 9.17) is 4.98 Å². The van der Waals surface area contributed by atoms with Crippen LogP contribution in [0.3, 0.4) is 0 Å². The SMILES string of the molecule is O=C1c2ccccc2C(=O)c2c1ccc1[nH]c(-c3ccc(C#Cc4ccccc4)cc3)nc21. The zero-order chi connectivity index (χ0) is 22.4. The van der Waals surface area contributed by atoms with E-state index in [0.29, 0.717) is 33.6 Å². The van der Waals surface area contributed by atoms with Crippen LogP contribution < -0.4 is 0 Å². The minimum absolute atomic E-state index is 0.145. The number of H-pyrrole nitrogens is 1. The van der Waals surface area contributed by atoms with E-state index < -0.39 is 0 Å². The lowest BCUT2D eigenvalue weighted by molar-refractivity contribution is 0.0980. The van der Waals surface area contributed by atoms with Gasteiger partial charge in [-0.2, -0.15) is 0 Å². The maximum Gasteiger partial charge on any atom is 0.196 e. The normalized spacial score (nSPS) is 12.1. The van der Waals surface area contributed by atoms with Crippen molar-refractivity contribution in [3.8, 4) is 23.2 Å². The van der Waals surface area contributed by atoms with Gasteiger partial charge in [0.1, 0.15) is 11.3 Å². The van der Waals surface area contributed by atoms with Gasteiger partial charge in [0, 0.05) is 33.4 Å². The summed E-state index contributed by atoms with van der Waals surface area (Å²) in [5.41, 5.74) is 5.60. The number of carbonyl (C=O) groups excluding carboxylic acids is 2. The molecule has 0 aliphatic heterocycles. The number of hydrogen-bond acceptors (Lipinski definition) is 3. The third-order valence-corrected chi connectivity index (χ3v) is 5.83. The highest BCUT2D eigenvalue weighted by molar-refractivity contribution is 6.31. The van der Waals surface area contributed by atoms with E-state index in [0.717, 1.165) is 22.2 Å². The van der Waals surface area contributed by atoms with Crippen LogP contribution in [-0.2, 0) is 0 Å². The quantitative estimate of drug-likeness (QED) is 0.359. The summed E-state index contributed by atoms with van der Waals surface area (Å²) in [6.07, 6.45) is 0. The first-order valence-corrected chi connectivity index (χ1v) is 10.6. The Morgan fingerprint density at radius 1 is 0.606 bits per heavy atom. The first-order chi connectivity index (χ1) is 16.2. The van der Waals surface area contributed by atoms with Crippen molar-refractivity contribution in [1.29, 1.82) is 0 Å². The minimum Gasteiger partial charge on any atom is -0.338 e. The summed E-state index contributed by atoms with van der Waals surface area (Å²) in [4.78, 5) is 34.2. The molecule has 0 bridgehead atoms. The molecule has 33 heavy (non-hydrogen) atoms. The van der Waals surface area contributed by atoms with E-state index in [9.17, 15) is 9.59 Å². The van der Waals surface area contributed by atoms with Crippen LogP contribution in [0.15, 0.2) is 91.0 Å². The average Bonchev–Trinajstić information content (AvgIpc) is 3.31. The summed E-state index contributed by atoms with van der Waals surface area (Å²) >= 11 is 0. The van der Waals surface area contributed by atoms with Crippen molar-refractivity contribution in [3.05, 3.63) is 124 Å². The topological polar surface area (TPSA) is 62.8 Å². The third-order valence-electron chi connectivity index (χ3n) is 5.83. The molecule has 1 N–H and O–H groups in total. The van der Waals surface area contributed by atoms with Gasteiger partial charge < -0.3 is 4.98 Å². The van der Waals surface area contributed by atoms with E-state index in [1.54, 1.807) is 30.3 Å². The average molecular weight is 424 g/mol. The molecule has 0 fully saturated rings. The van der Waals surface area contributed by atoms with Gasteiger partial charge in [-0.1, -0.05) is 66.4 Å². The van der Waals surface area contributed by atoms with Crippen molar-refractivity contribution in [1.82, 2.24) is 9.97 Å². The lowest BCUT2D eigenvalue weighted by atomic mass is 9.83. The van der Waals surface area contributed by atoms with Crippen LogP contribution in [0.4, 0.5) is 0 Å². The molecule has 1 aliphatic carbocycles. The molecule has 0 atom stereocenters. The van der Waals surface area contributed by atoms with Gasteiger partial charge in [-0.15, -0.1) is 0 Å². The second-order valence-electron chi connectivity index (χ2n) is 7.87. The van der Waals surface area contributed by atoms with Crippen LogP contribution in [0.2, 0.25) is 0 Å². The minimum atomic E-state index is -0.171. The van der Waals surface area contributed by atoms with Crippen LogP contribution in [0.1, 0.15) is 43.0 Å². The van der Waals surface area contributed by atoms with Crippen LogP contribution in [0, 0.1) is 11.8 Å². The molecule has 0 amide bonds. The van der Waals surface area contributed by atoms with Crippen LogP contribution in [0.25, 0.3) is 22.4 Å². The van der Waals surface area contributed by atoms with E-state index >= 15 is 0 Å². The summed E-state index contributed by atoms with van der Waals surface area (Å²) in [7, 11) is 0. The summed E-state index contributed by atoms with van der Waals surface area (Å²) < 4.78 is 0. The molecule has 4 nitrogen and oxygen atoms in total. The van der Waals surface area contributed by atoms with E-state index in [1.165, 1.54) is 0 Å². The van der Waals surface area contributed by atoms with Gasteiger partial charge in [-0.25, -0.2) is 4.98 Å². The van der Waals surface area contributed by atoms with Crippen LogP contribution in [-0.4, -0.2) is 21.5 Å². The molecule has 1 aromatic heterocycles. The lowest BCUT2D eigenvalue weighted by Gasteiger charge is -2.17. The van der Waals surface area contributed by atoms with E-state index in [2.05, 4.69) is 16.8 Å². The maximum atomic E-state index is 13.2. The van der Waals surface area contributed by atoms with Gasteiger partial charge in [-0.05, 0) is 36.4 Å². The molecule has 0 saturated heterocycles. The summed E-state index contributed by atoms with van der Waals surface area (Å²) in [5, 5.41) is 0. The first kappa shape index (κ1) is 19.0. The molecule has 4 aromatic carbocycles. The lowest BCUT2D eigenvalue weighted by Crippen LogP contribution is -2.21. The van der Waals surface area contributed by atoms with Gasteiger partial charge in [0.2, 0.25) is 0 Å². The third kappa shape index (κ3) is 3.15. The fraction of sp³-hybridized carbons (Fsp3) is 0. The molecule has 154 valence electrons. The fourth-order valence-electron chi connectivity index (χ4n) is 4.17. The molecule has 0 radical (unpaired) electrons. The Bertz CT molecular complexity index is 1630. The summed E-state index contributed by atoms with van der Waals surface area (Å²) in [6, 6.07) is 28.1. The number of benzene rings is 4. The second-order valence-corrected chi connectivity index (χ2v) is 7.87. The maximum absolute atomic E-state index is 13.2. The molecule has 1 aliphatic rings. The first-order valence-electron chi connectivity index (χ1n) is 10.6. The number of aromatic amines is 1. The standard InChI is InChI=1S/C29H16N2O2/c32-27-21-8-4-5-9-22(21)28(33)25-23(27)16-17-24-26(25)31-29(30-24)20-14-12-19(13-15-20)11-10-18-6-2-1-3-7-18/h1-9,12-17H,(H,30,31). The van der Waals surface area contributed by atoms with Gasteiger partial charge in [0.25, 0.3) is 0 Å². The largest absolute Gasteiger partial charge is 0.338 e. The Labute approximate surface area is 189 Å². The molecule has 6 rings (SSSR count). The Morgan fingerprint density at radius 2 is 1.24 bits per heavy atom.